The fraction of sp³-hybridized carbons (Fsp3) is 0.333. The fourth-order valence-corrected chi connectivity index (χ4v) is 1.57. The Labute approximate surface area is 108 Å². The molecule has 0 amide bonds. The summed E-state index contributed by atoms with van der Waals surface area (Å²) >= 11 is 0. The average molecular weight is 270 g/mol. The summed E-state index contributed by atoms with van der Waals surface area (Å²) < 4.78 is 38.7. The predicted molar refractivity (Wildman–Crippen MR) is 65.1 cm³/mol. The van der Waals surface area contributed by atoms with Crippen molar-refractivity contribution in [2.24, 2.45) is 0 Å². The van der Waals surface area contributed by atoms with Crippen LogP contribution in [0.5, 0.6) is 0 Å². The lowest BCUT2D eigenvalue weighted by molar-refractivity contribution is -0.141. The first-order valence-electron chi connectivity index (χ1n) is 5.84. The van der Waals surface area contributed by atoms with E-state index >= 15 is 0 Å². The number of hydrogen-bond donors (Lipinski definition) is 1. The summed E-state index contributed by atoms with van der Waals surface area (Å²) in [7, 11) is 0. The number of pyridine rings is 1. The van der Waals surface area contributed by atoms with Gasteiger partial charge in [0.1, 0.15) is 0 Å². The molecular weight excluding hydrogens is 257 g/mol. The van der Waals surface area contributed by atoms with Gasteiger partial charge in [-0.25, -0.2) is 9.67 Å². The van der Waals surface area contributed by atoms with E-state index in [-0.39, 0.29) is 0 Å². The van der Waals surface area contributed by atoms with E-state index in [4.69, 9.17) is 0 Å². The van der Waals surface area contributed by atoms with Crippen LogP contribution in [0.4, 0.5) is 18.9 Å². The van der Waals surface area contributed by atoms with Gasteiger partial charge in [-0.1, -0.05) is 6.92 Å². The largest absolute Gasteiger partial charge is 0.435 e. The van der Waals surface area contributed by atoms with E-state index in [9.17, 15) is 13.2 Å². The van der Waals surface area contributed by atoms with Crippen LogP contribution < -0.4 is 5.32 Å². The molecule has 7 heteroatoms. The van der Waals surface area contributed by atoms with Crippen molar-refractivity contribution in [1.82, 2.24) is 14.8 Å². The zero-order valence-electron chi connectivity index (χ0n) is 10.3. The zero-order chi connectivity index (χ0) is 13.9. The predicted octanol–water partition coefficient (Wildman–Crippen LogP) is 3.11. The SMILES string of the molecule is CCCNc1cccnc1-n1ccc(C(F)(F)F)n1. The minimum absolute atomic E-state index is 0.353. The van der Waals surface area contributed by atoms with Gasteiger partial charge in [-0.3, -0.25) is 0 Å². The number of alkyl halides is 3. The Morgan fingerprint density at radius 1 is 1.32 bits per heavy atom. The first-order valence-corrected chi connectivity index (χ1v) is 5.84. The third-order valence-electron chi connectivity index (χ3n) is 2.45. The second-order valence-electron chi connectivity index (χ2n) is 3.94. The standard InChI is InChI=1S/C12H13F3N4/c1-2-6-16-9-4-3-7-17-11(9)19-8-5-10(18-19)12(13,14)15/h3-5,7-8,16H,2,6H2,1H3. The van der Waals surface area contributed by atoms with Gasteiger partial charge in [-0.15, -0.1) is 0 Å². The fourth-order valence-electron chi connectivity index (χ4n) is 1.57. The zero-order valence-corrected chi connectivity index (χ0v) is 10.3. The van der Waals surface area contributed by atoms with Crippen molar-refractivity contribution in [2.45, 2.75) is 19.5 Å². The second-order valence-corrected chi connectivity index (χ2v) is 3.94. The number of nitrogens with one attached hydrogen (secondary N) is 1. The number of rotatable bonds is 4. The molecule has 0 unspecified atom stereocenters. The normalized spacial score (nSPS) is 11.6. The highest BCUT2D eigenvalue weighted by Crippen LogP contribution is 2.28. The van der Waals surface area contributed by atoms with Crippen molar-refractivity contribution in [3.8, 4) is 5.82 Å². The maximum atomic E-state index is 12.5. The van der Waals surface area contributed by atoms with Crippen LogP contribution in [0.1, 0.15) is 19.0 Å². The molecule has 0 bridgehead atoms. The first kappa shape index (κ1) is 13.4. The average Bonchev–Trinajstić information content (AvgIpc) is 2.86. The van der Waals surface area contributed by atoms with Crippen molar-refractivity contribution in [1.29, 1.82) is 0 Å². The van der Waals surface area contributed by atoms with Gasteiger partial charge >= 0.3 is 6.18 Å². The molecule has 2 aromatic rings. The van der Waals surface area contributed by atoms with E-state index < -0.39 is 11.9 Å². The second kappa shape index (κ2) is 5.29. The Kier molecular flexibility index (Phi) is 3.73. The molecule has 2 rings (SSSR count). The van der Waals surface area contributed by atoms with E-state index in [2.05, 4.69) is 15.4 Å². The van der Waals surface area contributed by atoms with Crippen LogP contribution in [0.25, 0.3) is 5.82 Å². The van der Waals surface area contributed by atoms with E-state index in [1.165, 1.54) is 12.4 Å². The molecule has 0 atom stereocenters. The van der Waals surface area contributed by atoms with Crippen molar-refractivity contribution in [2.75, 3.05) is 11.9 Å². The van der Waals surface area contributed by atoms with Crippen LogP contribution in [-0.4, -0.2) is 21.3 Å². The van der Waals surface area contributed by atoms with Gasteiger partial charge in [-0.2, -0.15) is 18.3 Å². The van der Waals surface area contributed by atoms with Gasteiger partial charge in [-0.05, 0) is 24.6 Å². The summed E-state index contributed by atoms with van der Waals surface area (Å²) in [6.45, 7) is 2.71. The molecule has 0 spiro atoms. The van der Waals surface area contributed by atoms with Gasteiger partial charge in [0.2, 0.25) is 0 Å². The highest BCUT2D eigenvalue weighted by molar-refractivity contribution is 5.56. The third-order valence-corrected chi connectivity index (χ3v) is 2.45. The summed E-state index contributed by atoms with van der Waals surface area (Å²) in [5.41, 5.74) is -0.277. The molecule has 0 saturated heterocycles. The maximum absolute atomic E-state index is 12.5. The van der Waals surface area contributed by atoms with E-state index in [0.29, 0.717) is 18.1 Å². The molecule has 2 aromatic heterocycles. The Bertz CT molecular complexity index is 548. The number of halogens is 3. The molecule has 102 valence electrons. The van der Waals surface area contributed by atoms with Crippen LogP contribution in [0, 0.1) is 0 Å². The van der Waals surface area contributed by atoms with Crippen LogP contribution in [0.2, 0.25) is 0 Å². The highest BCUT2D eigenvalue weighted by atomic mass is 19.4. The summed E-state index contributed by atoms with van der Waals surface area (Å²) in [5.74, 6) is 0.353. The molecule has 1 N–H and O–H groups in total. The molecule has 0 aliphatic heterocycles. The lowest BCUT2D eigenvalue weighted by Gasteiger charge is -2.10. The number of aromatic nitrogens is 3. The van der Waals surface area contributed by atoms with Crippen molar-refractivity contribution in [3.05, 3.63) is 36.3 Å². The molecular formula is C12H13F3N4. The van der Waals surface area contributed by atoms with Gasteiger partial charge < -0.3 is 5.32 Å². The van der Waals surface area contributed by atoms with Gasteiger partial charge in [0.25, 0.3) is 0 Å². The molecule has 19 heavy (non-hydrogen) atoms. The lowest BCUT2D eigenvalue weighted by Crippen LogP contribution is -2.10. The Morgan fingerprint density at radius 3 is 2.74 bits per heavy atom. The summed E-state index contributed by atoms with van der Waals surface area (Å²) in [6, 6.07) is 4.40. The molecule has 2 heterocycles. The summed E-state index contributed by atoms with van der Waals surface area (Å²) in [6.07, 6.45) is -0.776. The van der Waals surface area contributed by atoms with Crippen LogP contribution >= 0.6 is 0 Å². The van der Waals surface area contributed by atoms with E-state index in [1.54, 1.807) is 12.1 Å². The minimum Gasteiger partial charge on any atom is -0.382 e. The van der Waals surface area contributed by atoms with Crippen molar-refractivity contribution >= 4 is 5.69 Å². The quantitative estimate of drug-likeness (QED) is 0.928. The number of anilines is 1. The van der Waals surface area contributed by atoms with Crippen molar-refractivity contribution in [3.63, 3.8) is 0 Å². The topological polar surface area (TPSA) is 42.7 Å². The molecule has 0 fully saturated rings. The van der Waals surface area contributed by atoms with Crippen LogP contribution in [0.15, 0.2) is 30.6 Å². The maximum Gasteiger partial charge on any atom is 0.435 e. The smallest absolute Gasteiger partial charge is 0.382 e. The van der Waals surface area contributed by atoms with E-state index in [1.807, 2.05) is 6.92 Å². The Morgan fingerprint density at radius 2 is 2.11 bits per heavy atom. The van der Waals surface area contributed by atoms with Crippen LogP contribution in [0.3, 0.4) is 0 Å². The molecule has 0 saturated carbocycles. The molecule has 0 aromatic carbocycles. The highest BCUT2D eigenvalue weighted by Gasteiger charge is 2.33. The van der Waals surface area contributed by atoms with Gasteiger partial charge in [0.15, 0.2) is 11.5 Å². The Balaban J connectivity index is 2.33. The van der Waals surface area contributed by atoms with Gasteiger partial charge in [0.05, 0.1) is 5.69 Å². The lowest BCUT2D eigenvalue weighted by atomic mass is 10.3. The minimum atomic E-state index is -4.45. The number of hydrogen-bond acceptors (Lipinski definition) is 3. The Hall–Kier alpha value is -2.05. The third kappa shape index (κ3) is 3.04. The molecule has 4 nitrogen and oxygen atoms in total. The van der Waals surface area contributed by atoms with Crippen LogP contribution in [-0.2, 0) is 6.18 Å². The molecule has 0 aliphatic rings. The van der Waals surface area contributed by atoms with Crippen molar-refractivity contribution < 1.29 is 13.2 Å². The molecule has 0 aliphatic carbocycles. The first-order chi connectivity index (χ1) is 9.02. The monoisotopic (exact) mass is 270 g/mol. The summed E-state index contributed by atoms with van der Waals surface area (Å²) in [5, 5.41) is 6.61. The van der Waals surface area contributed by atoms with E-state index in [0.717, 1.165) is 17.2 Å². The molecule has 0 radical (unpaired) electrons. The summed E-state index contributed by atoms with van der Waals surface area (Å²) in [4.78, 5) is 4.07. The number of nitrogens with zero attached hydrogens (tertiary/aromatic N) is 3. The van der Waals surface area contributed by atoms with Gasteiger partial charge in [0, 0.05) is 18.9 Å².